The molecule has 0 saturated carbocycles. The molecule has 1 N–H and O–H groups in total. The third-order valence-corrected chi connectivity index (χ3v) is 2.39. The van der Waals surface area contributed by atoms with Crippen molar-refractivity contribution in [1.29, 1.82) is 0 Å². The van der Waals surface area contributed by atoms with Crippen molar-refractivity contribution in [2.75, 3.05) is 0 Å². The molecule has 0 bridgehead atoms. The van der Waals surface area contributed by atoms with Crippen LogP contribution in [-0.2, 0) is 22.7 Å². The molecule has 1 atom stereocenters. The number of carbonyl (C=O) groups is 1. The first-order valence-corrected chi connectivity index (χ1v) is 5.48. The fraction of sp³-hybridized carbons (Fsp3) is 0.250. The second-order valence-corrected chi connectivity index (χ2v) is 3.75. The molecule has 2 rings (SSSR count). The van der Waals surface area contributed by atoms with Gasteiger partial charge in [0.05, 0.1) is 19.3 Å². The number of ether oxygens (including phenoxy) is 1. The van der Waals surface area contributed by atoms with E-state index in [1.54, 1.807) is 6.20 Å². The van der Waals surface area contributed by atoms with Crippen molar-refractivity contribution in [3.05, 3.63) is 48.3 Å². The van der Waals surface area contributed by atoms with Crippen LogP contribution in [-0.4, -0.2) is 32.2 Å². The Balaban J connectivity index is 1.93. The maximum atomic E-state index is 11.1. The van der Waals surface area contributed by atoms with Crippen LogP contribution in [0.1, 0.15) is 5.56 Å². The Morgan fingerprint density at radius 2 is 2.17 bits per heavy atom. The van der Waals surface area contributed by atoms with Gasteiger partial charge in [-0.15, -0.1) is 5.10 Å². The van der Waals surface area contributed by atoms with Gasteiger partial charge in [-0.1, -0.05) is 35.5 Å². The highest BCUT2D eigenvalue weighted by molar-refractivity contribution is 5.72. The van der Waals surface area contributed by atoms with Crippen molar-refractivity contribution in [2.45, 2.75) is 19.3 Å². The molecule has 0 aliphatic carbocycles. The molecule has 2 aromatic rings. The summed E-state index contributed by atoms with van der Waals surface area (Å²) in [6, 6.07) is 9.42. The van der Waals surface area contributed by atoms with Gasteiger partial charge >= 0.3 is 5.97 Å². The molecule has 6 nitrogen and oxygen atoms in total. The molecule has 0 aliphatic heterocycles. The Bertz CT molecular complexity index is 485. The number of aromatic nitrogens is 3. The minimum Gasteiger partial charge on any atom is -0.479 e. The second-order valence-electron chi connectivity index (χ2n) is 3.75. The van der Waals surface area contributed by atoms with Crippen LogP contribution in [0.15, 0.2) is 42.7 Å². The number of carboxylic acid groups (broad SMARTS) is 1. The fourth-order valence-corrected chi connectivity index (χ4v) is 1.47. The Morgan fingerprint density at radius 1 is 1.39 bits per heavy atom. The van der Waals surface area contributed by atoms with E-state index in [0.29, 0.717) is 0 Å². The molecule has 0 amide bonds. The Kier molecular flexibility index (Phi) is 4.03. The van der Waals surface area contributed by atoms with E-state index >= 15 is 0 Å². The highest BCUT2D eigenvalue weighted by atomic mass is 16.5. The van der Waals surface area contributed by atoms with Gasteiger partial charge in [0.15, 0.2) is 6.10 Å². The lowest BCUT2D eigenvalue weighted by atomic mass is 10.2. The van der Waals surface area contributed by atoms with E-state index in [0.717, 1.165) is 5.56 Å². The summed E-state index contributed by atoms with van der Waals surface area (Å²) in [6.45, 7) is 0.397. The largest absolute Gasteiger partial charge is 0.479 e. The number of carboxylic acids is 1. The molecule has 1 aromatic carbocycles. The van der Waals surface area contributed by atoms with Crippen molar-refractivity contribution < 1.29 is 14.6 Å². The van der Waals surface area contributed by atoms with Gasteiger partial charge < -0.3 is 9.84 Å². The van der Waals surface area contributed by atoms with Crippen LogP contribution in [0, 0.1) is 0 Å². The summed E-state index contributed by atoms with van der Waals surface area (Å²) in [5.74, 6) is -1.01. The van der Waals surface area contributed by atoms with E-state index in [-0.39, 0.29) is 13.2 Å². The van der Waals surface area contributed by atoms with Gasteiger partial charge in [-0.2, -0.15) is 0 Å². The van der Waals surface area contributed by atoms with Crippen LogP contribution in [0.25, 0.3) is 0 Å². The zero-order chi connectivity index (χ0) is 12.8. The Labute approximate surface area is 104 Å². The number of hydrogen-bond donors (Lipinski definition) is 1. The summed E-state index contributed by atoms with van der Waals surface area (Å²) in [7, 11) is 0. The van der Waals surface area contributed by atoms with Crippen molar-refractivity contribution in [2.24, 2.45) is 0 Å². The molecule has 1 aromatic heterocycles. The predicted molar refractivity (Wildman–Crippen MR) is 62.7 cm³/mol. The summed E-state index contributed by atoms with van der Waals surface area (Å²) >= 11 is 0. The van der Waals surface area contributed by atoms with Crippen LogP contribution in [0.3, 0.4) is 0 Å². The molecule has 1 unspecified atom stereocenters. The van der Waals surface area contributed by atoms with Crippen molar-refractivity contribution in [1.82, 2.24) is 15.0 Å². The molecule has 0 fully saturated rings. The van der Waals surface area contributed by atoms with E-state index in [9.17, 15) is 4.79 Å². The average Bonchev–Trinajstić information content (AvgIpc) is 2.88. The maximum Gasteiger partial charge on any atom is 0.334 e. The monoisotopic (exact) mass is 247 g/mol. The summed E-state index contributed by atoms with van der Waals surface area (Å²) in [4.78, 5) is 11.1. The maximum absolute atomic E-state index is 11.1. The quantitative estimate of drug-likeness (QED) is 0.822. The first-order valence-electron chi connectivity index (χ1n) is 5.48. The molecule has 94 valence electrons. The second kappa shape index (κ2) is 5.92. The highest BCUT2D eigenvalue weighted by Gasteiger charge is 2.19. The normalized spacial score (nSPS) is 12.2. The van der Waals surface area contributed by atoms with Crippen LogP contribution in [0.5, 0.6) is 0 Å². The van der Waals surface area contributed by atoms with Gasteiger partial charge in [0.1, 0.15) is 0 Å². The zero-order valence-electron chi connectivity index (χ0n) is 9.64. The van der Waals surface area contributed by atoms with E-state index < -0.39 is 12.1 Å². The van der Waals surface area contributed by atoms with Gasteiger partial charge in [-0.05, 0) is 5.56 Å². The first-order chi connectivity index (χ1) is 8.75. The highest BCUT2D eigenvalue weighted by Crippen LogP contribution is 2.05. The van der Waals surface area contributed by atoms with Gasteiger partial charge in [0, 0.05) is 6.20 Å². The third-order valence-electron chi connectivity index (χ3n) is 2.39. The SMILES string of the molecule is O=C(O)C(Cn1ccnn1)OCc1ccccc1. The third kappa shape index (κ3) is 3.39. The first kappa shape index (κ1) is 12.3. The summed E-state index contributed by atoms with van der Waals surface area (Å²) < 4.78 is 6.81. The van der Waals surface area contributed by atoms with Gasteiger partial charge in [-0.25, -0.2) is 9.48 Å². The molecule has 0 spiro atoms. The van der Waals surface area contributed by atoms with E-state index in [1.807, 2.05) is 30.3 Å². The molecular formula is C12H13N3O3. The Morgan fingerprint density at radius 3 is 2.78 bits per heavy atom. The van der Waals surface area contributed by atoms with Crippen LogP contribution in [0.2, 0.25) is 0 Å². The Hall–Kier alpha value is -2.21. The van der Waals surface area contributed by atoms with Crippen LogP contribution >= 0.6 is 0 Å². The zero-order valence-corrected chi connectivity index (χ0v) is 9.64. The average molecular weight is 247 g/mol. The minimum absolute atomic E-state index is 0.141. The van der Waals surface area contributed by atoms with Crippen molar-refractivity contribution >= 4 is 5.97 Å². The summed E-state index contributed by atoms with van der Waals surface area (Å²) in [5.41, 5.74) is 0.933. The van der Waals surface area contributed by atoms with E-state index in [4.69, 9.17) is 9.84 Å². The number of hydrogen-bond acceptors (Lipinski definition) is 4. The smallest absolute Gasteiger partial charge is 0.334 e. The van der Waals surface area contributed by atoms with Crippen LogP contribution in [0.4, 0.5) is 0 Å². The fourth-order valence-electron chi connectivity index (χ4n) is 1.47. The minimum atomic E-state index is -1.01. The molecule has 0 radical (unpaired) electrons. The van der Waals surface area contributed by atoms with Gasteiger partial charge in [0.25, 0.3) is 0 Å². The number of benzene rings is 1. The lowest BCUT2D eigenvalue weighted by molar-refractivity contribution is -0.152. The summed E-state index contributed by atoms with van der Waals surface area (Å²) in [6.07, 6.45) is 2.16. The number of aliphatic carboxylic acids is 1. The van der Waals surface area contributed by atoms with E-state index in [1.165, 1.54) is 10.9 Å². The molecule has 18 heavy (non-hydrogen) atoms. The van der Waals surface area contributed by atoms with Crippen molar-refractivity contribution in [3.8, 4) is 0 Å². The van der Waals surface area contributed by atoms with E-state index in [2.05, 4.69) is 10.3 Å². The van der Waals surface area contributed by atoms with Gasteiger partial charge in [0.2, 0.25) is 0 Å². The molecule has 0 aliphatic rings. The molecule has 0 saturated heterocycles. The molecule has 6 heteroatoms. The molecule has 1 heterocycles. The van der Waals surface area contributed by atoms with Gasteiger partial charge in [-0.3, -0.25) is 0 Å². The van der Waals surface area contributed by atoms with Crippen molar-refractivity contribution in [3.63, 3.8) is 0 Å². The standard InChI is InChI=1S/C12H13N3O3/c16-12(17)11(8-15-7-6-13-14-15)18-9-10-4-2-1-3-5-10/h1-7,11H,8-9H2,(H,16,17). The predicted octanol–water partition coefficient (Wildman–Crippen LogP) is 0.948. The lowest BCUT2D eigenvalue weighted by Gasteiger charge is -2.13. The topological polar surface area (TPSA) is 77.2 Å². The van der Waals surface area contributed by atoms with Crippen LogP contribution < -0.4 is 0 Å². The lowest BCUT2D eigenvalue weighted by Crippen LogP contribution is -2.29. The number of nitrogens with zero attached hydrogens (tertiary/aromatic N) is 3. The summed E-state index contributed by atoms with van der Waals surface area (Å²) in [5, 5.41) is 16.4. The molecular weight excluding hydrogens is 234 g/mol. The number of rotatable bonds is 6.